The number of rotatable bonds is 2. The largest absolute Gasteiger partial charge is 0.334 e. The monoisotopic (exact) mass is 210 g/mol. The first-order valence-electron chi connectivity index (χ1n) is 6.18. The van der Waals surface area contributed by atoms with E-state index in [0.717, 1.165) is 32.5 Å². The Kier molecular flexibility index (Phi) is 3.01. The third kappa shape index (κ3) is 2.17. The third-order valence-electron chi connectivity index (χ3n) is 3.62. The van der Waals surface area contributed by atoms with E-state index < -0.39 is 0 Å². The molecule has 0 N–H and O–H groups in total. The van der Waals surface area contributed by atoms with Crippen LogP contribution in [0.25, 0.3) is 0 Å². The lowest BCUT2D eigenvalue weighted by atomic mass is 10.1. The topological polar surface area (TPSA) is 23.6 Å². The molecule has 2 atom stereocenters. The highest BCUT2D eigenvalue weighted by atomic mass is 16.2. The van der Waals surface area contributed by atoms with Gasteiger partial charge in [-0.15, -0.1) is 0 Å². The molecule has 0 aromatic carbocycles. The van der Waals surface area contributed by atoms with Crippen LogP contribution in [0.5, 0.6) is 0 Å². The van der Waals surface area contributed by atoms with Crippen molar-refractivity contribution in [3.8, 4) is 0 Å². The summed E-state index contributed by atoms with van der Waals surface area (Å²) in [4.78, 5) is 16.6. The molecule has 0 spiro atoms. The molecule has 1 saturated carbocycles. The van der Waals surface area contributed by atoms with E-state index in [-0.39, 0.29) is 0 Å². The van der Waals surface area contributed by atoms with E-state index in [1.807, 2.05) is 0 Å². The molecular weight excluding hydrogens is 188 g/mol. The lowest BCUT2D eigenvalue weighted by molar-refractivity contribution is -0.140. The maximum atomic E-state index is 12.1. The van der Waals surface area contributed by atoms with Gasteiger partial charge in [0, 0.05) is 31.1 Å². The van der Waals surface area contributed by atoms with Crippen molar-refractivity contribution in [2.24, 2.45) is 5.92 Å². The van der Waals surface area contributed by atoms with E-state index in [0.29, 0.717) is 23.9 Å². The molecular formula is C12H22N2O. The molecule has 0 aromatic rings. The van der Waals surface area contributed by atoms with Gasteiger partial charge >= 0.3 is 0 Å². The van der Waals surface area contributed by atoms with E-state index in [1.165, 1.54) is 0 Å². The van der Waals surface area contributed by atoms with Crippen molar-refractivity contribution >= 4 is 5.91 Å². The molecule has 2 aliphatic rings. The van der Waals surface area contributed by atoms with Gasteiger partial charge in [0.25, 0.3) is 0 Å². The normalized spacial score (nSPS) is 33.1. The second-order valence-corrected chi connectivity index (χ2v) is 5.07. The van der Waals surface area contributed by atoms with Gasteiger partial charge in [-0.1, -0.05) is 6.92 Å². The maximum Gasteiger partial charge on any atom is 0.226 e. The predicted octanol–water partition coefficient (Wildman–Crippen LogP) is 1.34. The van der Waals surface area contributed by atoms with Crippen molar-refractivity contribution < 1.29 is 4.79 Å². The molecule has 1 amide bonds. The summed E-state index contributed by atoms with van der Waals surface area (Å²) in [6, 6.07) is 0.781. The van der Waals surface area contributed by atoms with Gasteiger partial charge in [-0.3, -0.25) is 9.69 Å². The summed E-state index contributed by atoms with van der Waals surface area (Å²) in [5.74, 6) is 0.772. The van der Waals surface area contributed by atoms with Crippen molar-refractivity contribution in [2.45, 2.75) is 45.7 Å². The van der Waals surface area contributed by atoms with E-state index in [2.05, 4.69) is 30.6 Å². The Bertz CT molecular complexity index is 238. The summed E-state index contributed by atoms with van der Waals surface area (Å²) < 4.78 is 0. The fourth-order valence-corrected chi connectivity index (χ4v) is 2.67. The highest BCUT2D eigenvalue weighted by molar-refractivity contribution is 5.81. The summed E-state index contributed by atoms with van der Waals surface area (Å²) >= 11 is 0. The average Bonchev–Trinajstić information content (AvgIpc) is 2.99. The number of hydrogen-bond acceptors (Lipinski definition) is 2. The van der Waals surface area contributed by atoms with Crippen LogP contribution in [0.4, 0.5) is 0 Å². The van der Waals surface area contributed by atoms with Crippen LogP contribution in [-0.4, -0.2) is 47.4 Å². The number of hydrogen-bond donors (Lipinski definition) is 0. The smallest absolute Gasteiger partial charge is 0.226 e. The first-order chi connectivity index (χ1) is 7.13. The Labute approximate surface area is 92.4 Å². The van der Waals surface area contributed by atoms with E-state index in [1.54, 1.807) is 0 Å². The number of carbonyl (C=O) groups excluding carboxylic acids is 1. The van der Waals surface area contributed by atoms with Crippen LogP contribution >= 0.6 is 0 Å². The van der Waals surface area contributed by atoms with Crippen molar-refractivity contribution in [1.82, 2.24) is 9.80 Å². The lowest BCUT2D eigenvalue weighted by Gasteiger charge is -2.44. The van der Waals surface area contributed by atoms with Crippen molar-refractivity contribution in [3.63, 3.8) is 0 Å². The maximum absolute atomic E-state index is 12.1. The van der Waals surface area contributed by atoms with Crippen LogP contribution in [0, 0.1) is 5.92 Å². The number of nitrogens with zero attached hydrogens (tertiary/aromatic N) is 2. The Hall–Kier alpha value is -0.570. The van der Waals surface area contributed by atoms with Crippen LogP contribution in [0.2, 0.25) is 0 Å². The van der Waals surface area contributed by atoms with Crippen molar-refractivity contribution in [1.29, 1.82) is 0 Å². The van der Waals surface area contributed by atoms with Gasteiger partial charge in [0.2, 0.25) is 5.91 Å². The predicted molar refractivity (Wildman–Crippen MR) is 60.6 cm³/mol. The second kappa shape index (κ2) is 4.12. The van der Waals surface area contributed by atoms with Gasteiger partial charge in [0.05, 0.1) is 0 Å². The Balaban J connectivity index is 2.01. The van der Waals surface area contributed by atoms with Gasteiger partial charge < -0.3 is 4.90 Å². The van der Waals surface area contributed by atoms with Gasteiger partial charge in [0.1, 0.15) is 0 Å². The van der Waals surface area contributed by atoms with Crippen LogP contribution in [0.1, 0.15) is 33.6 Å². The molecule has 1 heterocycles. The molecule has 1 aliphatic heterocycles. The van der Waals surface area contributed by atoms with E-state index in [4.69, 9.17) is 0 Å². The fourth-order valence-electron chi connectivity index (χ4n) is 2.67. The zero-order valence-electron chi connectivity index (χ0n) is 10.1. The summed E-state index contributed by atoms with van der Waals surface area (Å²) in [7, 11) is 0. The van der Waals surface area contributed by atoms with Gasteiger partial charge in [-0.25, -0.2) is 0 Å². The van der Waals surface area contributed by atoms with Crippen LogP contribution in [-0.2, 0) is 4.79 Å². The minimum atomic E-state index is 0.364. The summed E-state index contributed by atoms with van der Waals surface area (Å²) in [6.07, 6.45) is 2.23. The zero-order chi connectivity index (χ0) is 11.0. The number of piperazine rings is 1. The Morgan fingerprint density at radius 3 is 2.13 bits per heavy atom. The highest BCUT2D eigenvalue weighted by Crippen LogP contribution is 2.33. The third-order valence-corrected chi connectivity index (χ3v) is 3.62. The zero-order valence-corrected chi connectivity index (χ0v) is 10.1. The molecule has 1 aliphatic carbocycles. The summed E-state index contributed by atoms with van der Waals surface area (Å²) in [6.45, 7) is 9.73. The van der Waals surface area contributed by atoms with Gasteiger partial charge in [-0.05, 0) is 33.2 Å². The molecule has 3 nitrogen and oxygen atoms in total. The lowest BCUT2D eigenvalue weighted by Crippen LogP contribution is -2.58. The van der Waals surface area contributed by atoms with Gasteiger partial charge in [0.15, 0.2) is 0 Å². The second-order valence-electron chi connectivity index (χ2n) is 5.07. The molecule has 2 fully saturated rings. The Morgan fingerprint density at radius 2 is 1.73 bits per heavy atom. The average molecular weight is 210 g/mol. The fraction of sp³-hybridized carbons (Fsp3) is 0.917. The molecule has 86 valence electrons. The molecule has 3 heteroatoms. The summed E-state index contributed by atoms with van der Waals surface area (Å²) in [5, 5.41) is 0. The highest BCUT2D eigenvalue weighted by Gasteiger charge is 2.39. The molecule has 2 unspecified atom stereocenters. The van der Waals surface area contributed by atoms with Crippen molar-refractivity contribution in [3.05, 3.63) is 0 Å². The van der Waals surface area contributed by atoms with Crippen LogP contribution < -0.4 is 0 Å². The molecule has 0 bridgehead atoms. The SMILES string of the molecule is CCN1CC(C)N(C(=O)C2CC2)C(C)C1. The molecule has 0 aromatic heterocycles. The van der Waals surface area contributed by atoms with E-state index in [9.17, 15) is 4.79 Å². The molecule has 15 heavy (non-hydrogen) atoms. The first-order valence-corrected chi connectivity index (χ1v) is 6.18. The van der Waals surface area contributed by atoms with Gasteiger partial charge in [-0.2, -0.15) is 0 Å². The summed E-state index contributed by atoms with van der Waals surface area (Å²) in [5.41, 5.74) is 0. The number of carbonyl (C=O) groups is 1. The molecule has 0 radical (unpaired) electrons. The van der Waals surface area contributed by atoms with Crippen LogP contribution in [0.15, 0.2) is 0 Å². The standard InChI is InChI=1S/C12H22N2O/c1-4-13-7-9(2)14(10(3)8-13)12(15)11-5-6-11/h9-11H,4-8H2,1-3H3. The van der Waals surface area contributed by atoms with Crippen LogP contribution in [0.3, 0.4) is 0 Å². The first kappa shape index (κ1) is 10.9. The number of likely N-dealkylation sites (N-methyl/N-ethyl adjacent to an activating group) is 1. The molecule has 2 rings (SSSR count). The molecule has 1 saturated heterocycles. The van der Waals surface area contributed by atoms with E-state index >= 15 is 0 Å². The number of amides is 1. The van der Waals surface area contributed by atoms with Crippen molar-refractivity contribution in [2.75, 3.05) is 19.6 Å². The minimum Gasteiger partial charge on any atom is -0.334 e. The minimum absolute atomic E-state index is 0.364. The quantitative estimate of drug-likeness (QED) is 0.686. The Morgan fingerprint density at radius 1 is 1.20 bits per heavy atom.